The Morgan fingerprint density at radius 1 is 1.14 bits per heavy atom. The Hall–Kier alpha value is -2.83. The fourth-order valence-corrected chi connectivity index (χ4v) is 1.86. The van der Waals surface area contributed by atoms with E-state index >= 15 is 0 Å². The van der Waals surface area contributed by atoms with E-state index in [2.05, 4.69) is 10.4 Å². The number of carbonyl (C=O) groups is 2. The fourth-order valence-electron chi connectivity index (χ4n) is 1.86. The van der Waals surface area contributed by atoms with Gasteiger partial charge in [0.15, 0.2) is 5.82 Å². The number of anilines is 1. The van der Waals surface area contributed by atoms with Crippen LogP contribution in [0.2, 0.25) is 0 Å². The summed E-state index contributed by atoms with van der Waals surface area (Å²) in [5.41, 5.74) is 0.864. The molecule has 0 unspecified atom stereocenters. The summed E-state index contributed by atoms with van der Waals surface area (Å²) in [7, 11) is 0. The van der Waals surface area contributed by atoms with E-state index in [0.29, 0.717) is 5.69 Å². The summed E-state index contributed by atoms with van der Waals surface area (Å²) in [6.07, 6.45) is 0.692. The van der Waals surface area contributed by atoms with Gasteiger partial charge in [0.2, 0.25) is 0 Å². The molecule has 0 saturated heterocycles. The number of hydrogen-bond donors (Lipinski definition) is 1. The molecule has 1 heterocycles. The Balaban J connectivity index is 2.41. The van der Waals surface area contributed by atoms with E-state index in [1.165, 1.54) is 10.9 Å². The molecule has 1 aromatic heterocycles. The molecule has 0 atom stereocenters. The SMILES string of the molecule is CCOC(=O)Nc1c(C(=O)OCC)cnn1-c1ccccc1. The second-order valence-electron chi connectivity index (χ2n) is 4.22. The first-order chi connectivity index (χ1) is 10.7. The van der Waals surface area contributed by atoms with Crippen molar-refractivity contribution in [3.05, 3.63) is 42.1 Å². The highest BCUT2D eigenvalue weighted by Crippen LogP contribution is 2.21. The number of esters is 1. The van der Waals surface area contributed by atoms with Crippen LogP contribution in [-0.4, -0.2) is 35.1 Å². The minimum Gasteiger partial charge on any atom is -0.462 e. The lowest BCUT2D eigenvalue weighted by Crippen LogP contribution is -2.18. The Labute approximate surface area is 127 Å². The van der Waals surface area contributed by atoms with Gasteiger partial charge in [-0.15, -0.1) is 0 Å². The molecule has 0 aliphatic heterocycles. The number of nitrogens with zero attached hydrogens (tertiary/aromatic N) is 2. The van der Waals surface area contributed by atoms with Gasteiger partial charge in [-0.3, -0.25) is 5.32 Å². The van der Waals surface area contributed by atoms with Gasteiger partial charge in [0.25, 0.3) is 0 Å². The highest BCUT2D eigenvalue weighted by molar-refractivity contribution is 5.98. The van der Waals surface area contributed by atoms with E-state index < -0.39 is 12.1 Å². The topological polar surface area (TPSA) is 82.4 Å². The van der Waals surface area contributed by atoms with Crippen molar-refractivity contribution in [3.63, 3.8) is 0 Å². The number of hydrogen-bond acceptors (Lipinski definition) is 5. The van der Waals surface area contributed by atoms with Crippen molar-refractivity contribution >= 4 is 17.9 Å². The molecule has 1 amide bonds. The summed E-state index contributed by atoms with van der Waals surface area (Å²) >= 11 is 0. The smallest absolute Gasteiger partial charge is 0.412 e. The molecule has 0 spiro atoms. The van der Waals surface area contributed by atoms with Crippen LogP contribution in [0.25, 0.3) is 5.69 Å². The molecule has 2 rings (SSSR count). The van der Waals surface area contributed by atoms with Crippen LogP contribution in [0.15, 0.2) is 36.5 Å². The number of amides is 1. The number of rotatable bonds is 5. The maximum atomic E-state index is 12.0. The third-order valence-electron chi connectivity index (χ3n) is 2.76. The first kappa shape index (κ1) is 15.6. The van der Waals surface area contributed by atoms with Crippen molar-refractivity contribution in [2.24, 2.45) is 0 Å². The van der Waals surface area contributed by atoms with E-state index in [1.807, 2.05) is 18.2 Å². The molecule has 0 bridgehead atoms. The molecule has 7 nitrogen and oxygen atoms in total. The molecular weight excluding hydrogens is 286 g/mol. The van der Waals surface area contributed by atoms with E-state index in [0.717, 1.165) is 0 Å². The summed E-state index contributed by atoms with van der Waals surface area (Å²) < 4.78 is 11.3. The summed E-state index contributed by atoms with van der Waals surface area (Å²) in [6.45, 7) is 3.85. The standard InChI is InChI=1S/C15H17N3O4/c1-3-21-14(19)12-10-16-18(11-8-6-5-7-9-11)13(12)17-15(20)22-4-2/h5-10H,3-4H2,1-2H3,(H,17,20). The number of ether oxygens (including phenoxy) is 2. The molecule has 116 valence electrons. The van der Waals surface area contributed by atoms with Crippen LogP contribution < -0.4 is 5.32 Å². The quantitative estimate of drug-likeness (QED) is 0.859. The van der Waals surface area contributed by atoms with Crippen LogP contribution in [0.5, 0.6) is 0 Å². The predicted octanol–water partition coefficient (Wildman–Crippen LogP) is 2.62. The normalized spacial score (nSPS) is 10.1. The monoisotopic (exact) mass is 303 g/mol. The third kappa shape index (κ3) is 3.43. The van der Waals surface area contributed by atoms with Crippen LogP contribution in [0.4, 0.5) is 10.6 Å². The molecule has 1 N–H and O–H groups in total. The first-order valence-corrected chi connectivity index (χ1v) is 6.91. The lowest BCUT2D eigenvalue weighted by Gasteiger charge is -2.10. The van der Waals surface area contributed by atoms with Crippen LogP contribution in [0, 0.1) is 0 Å². The average Bonchev–Trinajstić information content (AvgIpc) is 2.92. The molecule has 0 aliphatic carbocycles. The molecule has 1 aromatic carbocycles. The highest BCUT2D eigenvalue weighted by Gasteiger charge is 2.21. The van der Waals surface area contributed by atoms with Crippen molar-refractivity contribution in [2.45, 2.75) is 13.8 Å². The first-order valence-electron chi connectivity index (χ1n) is 6.91. The Kier molecular flexibility index (Phi) is 5.13. The van der Waals surface area contributed by atoms with Gasteiger partial charge in [0.05, 0.1) is 25.1 Å². The van der Waals surface area contributed by atoms with Gasteiger partial charge < -0.3 is 9.47 Å². The number of para-hydroxylation sites is 1. The van der Waals surface area contributed by atoms with Crippen LogP contribution in [0.3, 0.4) is 0 Å². The number of benzene rings is 1. The molecule has 2 aromatic rings. The van der Waals surface area contributed by atoms with Gasteiger partial charge in [-0.25, -0.2) is 14.3 Å². The molecule has 0 saturated carbocycles. The maximum absolute atomic E-state index is 12.0. The van der Waals surface area contributed by atoms with Crippen molar-refractivity contribution in [1.29, 1.82) is 0 Å². The summed E-state index contributed by atoms with van der Waals surface area (Å²) in [5.74, 6) is -0.348. The number of aromatic nitrogens is 2. The summed E-state index contributed by atoms with van der Waals surface area (Å²) in [6, 6.07) is 9.12. The third-order valence-corrected chi connectivity index (χ3v) is 2.76. The van der Waals surface area contributed by atoms with Gasteiger partial charge in [-0.2, -0.15) is 5.10 Å². The predicted molar refractivity (Wildman–Crippen MR) is 80.2 cm³/mol. The van der Waals surface area contributed by atoms with Gasteiger partial charge in [0, 0.05) is 0 Å². The van der Waals surface area contributed by atoms with Crippen LogP contribution >= 0.6 is 0 Å². The second kappa shape index (κ2) is 7.26. The van der Waals surface area contributed by atoms with Crippen LogP contribution in [-0.2, 0) is 9.47 Å². The van der Waals surface area contributed by atoms with Crippen molar-refractivity contribution in [2.75, 3.05) is 18.5 Å². The molecule has 0 fully saturated rings. The molecule has 7 heteroatoms. The van der Waals surface area contributed by atoms with Gasteiger partial charge >= 0.3 is 12.1 Å². The number of nitrogens with one attached hydrogen (secondary N) is 1. The maximum Gasteiger partial charge on any atom is 0.412 e. The van der Waals surface area contributed by atoms with E-state index in [4.69, 9.17) is 9.47 Å². The zero-order valence-electron chi connectivity index (χ0n) is 12.4. The molecule has 22 heavy (non-hydrogen) atoms. The molecule has 0 radical (unpaired) electrons. The Morgan fingerprint density at radius 3 is 2.45 bits per heavy atom. The Morgan fingerprint density at radius 2 is 1.82 bits per heavy atom. The minimum absolute atomic E-state index is 0.166. The van der Waals surface area contributed by atoms with Crippen molar-refractivity contribution in [1.82, 2.24) is 9.78 Å². The average molecular weight is 303 g/mol. The van der Waals surface area contributed by atoms with Crippen molar-refractivity contribution < 1.29 is 19.1 Å². The zero-order valence-corrected chi connectivity index (χ0v) is 12.4. The lowest BCUT2D eigenvalue weighted by atomic mass is 10.3. The van der Waals surface area contributed by atoms with Gasteiger partial charge in [-0.05, 0) is 26.0 Å². The van der Waals surface area contributed by atoms with Crippen molar-refractivity contribution in [3.8, 4) is 5.69 Å². The Bertz CT molecular complexity index is 652. The van der Waals surface area contributed by atoms with E-state index in [9.17, 15) is 9.59 Å². The summed E-state index contributed by atoms with van der Waals surface area (Å²) in [4.78, 5) is 23.7. The van der Waals surface area contributed by atoms with Gasteiger partial charge in [-0.1, -0.05) is 18.2 Å². The lowest BCUT2D eigenvalue weighted by molar-refractivity contribution is 0.0527. The minimum atomic E-state index is -0.661. The molecular formula is C15H17N3O4. The highest BCUT2D eigenvalue weighted by atomic mass is 16.5. The summed E-state index contributed by atoms with van der Waals surface area (Å²) in [5, 5.41) is 6.68. The van der Waals surface area contributed by atoms with E-state index in [1.54, 1.807) is 26.0 Å². The van der Waals surface area contributed by atoms with Crippen LogP contribution in [0.1, 0.15) is 24.2 Å². The molecule has 0 aliphatic rings. The zero-order chi connectivity index (χ0) is 15.9. The van der Waals surface area contributed by atoms with Gasteiger partial charge in [0.1, 0.15) is 5.56 Å². The fraction of sp³-hybridized carbons (Fsp3) is 0.267. The second-order valence-corrected chi connectivity index (χ2v) is 4.22. The van der Waals surface area contributed by atoms with E-state index in [-0.39, 0.29) is 24.6 Å². The largest absolute Gasteiger partial charge is 0.462 e. The number of carbonyl (C=O) groups excluding carboxylic acids is 2.